The number of nitrogens with zero attached hydrogens (tertiary/aromatic N) is 5. The van der Waals surface area contributed by atoms with Gasteiger partial charge in [0.2, 0.25) is 0 Å². The first-order valence-electron chi connectivity index (χ1n) is 8.83. The van der Waals surface area contributed by atoms with E-state index >= 15 is 0 Å². The summed E-state index contributed by atoms with van der Waals surface area (Å²) in [4.78, 5) is 0. The van der Waals surface area contributed by atoms with Crippen molar-refractivity contribution >= 4 is 46.1 Å². The second-order valence-electron chi connectivity index (χ2n) is 6.51. The third kappa shape index (κ3) is 3.82. The number of hydrogen-bond donors (Lipinski definition) is 0. The number of nitriles is 4. The van der Waals surface area contributed by atoms with Crippen molar-refractivity contribution in [2.75, 3.05) is 6.26 Å². The number of aryl methyl sites for hydroxylation is 1. The molecule has 31 heavy (non-hydrogen) atoms. The summed E-state index contributed by atoms with van der Waals surface area (Å²) in [6.07, 6.45) is 2.13. The molecule has 1 heterocycles. The monoisotopic (exact) mass is 465 g/mol. The van der Waals surface area contributed by atoms with Gasteiger partial charge in [0.1, 0.15) is 24.3 Å². The van der Waals surface area contributed by atoms with E-state index in [1.807, 2.05) is 30.5 Å². The van der Waals surface area contributed by atoms with Crippen molar-refractivity contribution < 1.29 is 4.18 Å². The fourth-order valence-corrected chi connectivity index (χ4v) is 4.30. The maximum absolute atomic E-state index is 9.70. The van der Waals surface area contributed by atoms with Gasteiger partial charge in [-0.1, -0.05) is 29.3 Å². The summed E-state index contributed by atoms with van der Waals surface area (Å²) in [5, 5.41) is 39.8. The molecule has 9 heteroatoms. The van der Waals surface area contributed by atoms with Crippen LogP contribution < -0.4 is 0 Å². The molecule has 0 atom stereocenters. The summed E-state index contributed by atoms with van der Waals surface area (Å²) in [6, 6.07) is 13.1. The van der Waals surface area contributed by atoms with E-state index in [4.69, 9.17) is 27.4 Å². The molecule has 0 saturated heterocycles. The van der Waals surface area contributed by atoms with Crippen LogP contribution in [0.1, 0.15) is 39.1 Å². The Balaban J connectivity index is 2.27. The summed E-state index contributed by atoms with van der Waals surface area (Å²) in [7, 11) is 1.73. The molecule has 0 N–H and O–H groups in total. The van der Waals surface area contributed by atoms with Crippen LogP contribution in [0.25, 0.3) is 10.9 Å². The van der Waals surface area contributed by atoms with E-state index in [-0.39, 0.29) is 22.3 Å². The lowest BCUT2D eigenvalue weighted by Gasteiger charge is -2.12. The molecule has 3 rings (SSSR count). The SMILES string of the molecule is CSOCc1ccc(Cl)c(Cc2cc3c(C#N)c(C#N)c(C#N)c(C#N)c3n2C)c1Cl. The highest BCUT2D eigenvalue weighted by molar-refractivity contribution is 7.93. The Morgan fingerprint density at radius 1 is 0.968 bits per heavy atom. The number of aromatic nitrogens is 1. The summed E-state index contributed by atoms with van der Waals surface area (Å²) in [5.41, 5.74) is 2.51. The molecule has 0 fully saturated rings. The molecule has 0 aliphatic carbocycles. The summed E-state index contributed by atoms with van der Waals surface area (Å²) >= 11 is 14.2. The van der Waals surface area contributed by atoms with Crippen molar-refractivity contribution in [3.8, 4) is 24.3 Å². The van der Waals surface area contributed by atoms with Gasteiger partial charge in [0.05, 0.1) is 39.4 Å². The fraction of sp³-hybridized carbons (Fsp3) is 0.182. The molecule has 0 amide bonds. The first-order chi connectivity index (χ1) is 14.9. The van der Waals surface area contributed by atoms with Crippen molar-refractivity contribution in [1.82, 2.24) is 4.57 Å². The van der Waals surface area contributed by atoms with Crippen molar-refractivity contribution in [2.45, 2.75) is 13.0 Å². The van der Waals surface area contributed by atoms with E-state index in [0.717, 1.165) is 5.56 Å². The Hall–Kier alpha value is -3.17. The zero-order valence-corrected chi connectivity index (χ0v) is 18.8. The predicted octanol–water partition coefficient (Wildman–Crippen LogP) is 5.36. The first kappa shape index (κ1) is 22.5. The largest absolute Gasteiger partial charge is 0.346 e. The van der Waals surface area contributed by atoms with E-state index < -0.39 is 0 Å². The van der Waals surface area contributed by atoms with Crippen molar-refractivity contribution in [1.29, 1.82) is 21.0 Å². The lowest BCUT2D eigenvalue weighted by Crippen LogP contribution is -2.03. The average Bonchev–Trinajstić information content (AvgIpc) is 3.09. The molecular weight excluding hydrogens is 453 g/mol. The quantitative estimate of drug-likeness (QED) is 0.469. The highest BCUT2D eigenvalue weighted by Gasteiger charge is 2.24. The zero-order chi connectivity index (χ0) is 22.7. The van der Waals surface area contributed by atoms with Gasteiger partial charge in [-0.25, -0.2) is 0 Å². The zero-order valence-electron chi connectivity index (χ0n) is 16.5. The second-order valence-corrected chi connectivity index (χ2v) is 7.86. The smallest absolute Gasteiger partial charge is 0.103 e. The molecule has 0 radical (unpaired) electrons. The Bertz CT molecular complexity index is 1380. The fourth-order valence-electron chi connectivity index (χ4n) is 3.49. The van der Waals surface area contributed by atoms with E-state index in [2.05, 4.69) is 0 Å². The maximum atomic E-state index is 9.70. The van der Waals surface area contributed by atoms with E-state index in [1.54, 1.807) is 29.8 Å². The maximum Gasteiger partial charge on any atom is 0.103 e. The van der Waals surface area contributed by atoms with Gasteiger partial charge >= 0.3 is 0 Å². The van der Waals surface area contributed by atoms with E-state index in [0.29, 0.717) is 45.2 Å². The Kier molecular flexibility index (Phi) is 6.77. The van der Waals surface area contributed by atoms with Crippen LogP contribution in [0.15, 0.2) is 18.2 Å². The molecule has 0 bridgehead atoms. The van der Waals surface area contributed by atoms with Crippen molar-refractivity contribution in [3.05, 3.63) is 67.3 Å². The number of rotatable bonds is 5. The van der Waals surface area contributed by atoms with Gasteiger partial charge in [0.15, 0.2) is 0 Å². The highest BCUT2D eigenvalue weighted by atomic mass is 35.5. The van der Waals surface area contributed by atoms with Crippen LogP contribution in [0.2, 0.25) is 10.0 Å². The molecule has 2 aromatic carbocycles. The molecule has 3 aromatic rings. The summed E-state index contributed by atoms with van der Waals surface area (Å²) in [5.74, 6) is 0. The van der Waals surface area contributed by atoms with Gasteiger partial charge in [-0.15, -0.1) is 0 Å². The Morgan fingerprint density at radius 3 is 2.16 bits per heavy atom. The topological polar surface area (TPSA) is 109 Å². The Labute approximate surface area is 193 Å². The highest BCUT2D eigenvalue weighted by Crippen LogP contribution is 2.35. The standard InChI is InChI=1S/C22H13Cl2N5OS/c1-29-13(6-15-20(23)4-3-12(21(15)24)11-30-31-2)5-14-16(7-25)17(8-26)18(9-27)19(10-28)22(14)29/h3-5H,6,11H2,1-2H3. The molecule has 6 nitrogen and oxygen atoms in total. The van der Waals surface area contributed by atoms with Crippen molar-refractivity contribution in [3.63, 3.8) is 0 Å². The third-order valence-electron chi connectivity index (χ3n) is 4.99. The minimum absolute atomic E-state index is 0.0566. The number of fused-ring (bicyclic) bond motifs is 1. The van der Waals surface area contributed by atoms with Gasteiger partial charge in [0, 0.05) is 35.8 Å². The van der Waals surface area contributed by atoms with E-state index in [1.165, 1.54) is 12.0 Å². The van der Waals surface area contributed by atoms with Crippen LogP contribution in [-0.2, 0) is 24.3 Å². The molecule has 0 aliphatic heterocycles. The van der Waals surface area contributed by atoms with Crippen LogP contribution in [0, 0.1) is 45.3 Å². The average molecular weight is 466 g/mol. The molecular formula is C22H13Cl2N5OS. The lowest BCUT2D eigenvalue weighted by atomic mass is 9.94. The van der Waals surface area contributed by atoms with Crippen LogP contribution in [0.4, 0.5) is 0 Å². The predicted molar refractivity (Wildman–Crippen MR) is 119 cm³/mol. The lowest BCUT2D eigenvalue weighted by molar-refractivity contribution is 0.366. The first-order valence-corrected chi connectivity index (χ1v) is 10.7. The number of hydrogen-bond acceptors (Lipinski definition) is 6. The summed E-state index contributed by atoms with van der Waals surface area (Å²) in [6.45, 7) is 0.313. The van der Waals surface area contributed by atoms with Crippen LogP contribution in [0.3, 0.4) is 0 Å². The van der Waals surface area contributed by atoms with Gasteiger partial charge in [0.25, 0.3) is 0 Å². The minimum Gasteiger partial charge on any atom is -0.346 e. The van der Waals surface area contributed by atoms with Crippen LogP contribution >= 0.6 is 35.2 Å². The molecule has 0 unspecified atom stereocenters. The van der Waals surface area contributed by atoms with Crippen LogP contribution in [0.5, 0.6) is 0 Å². The van der Waals surface area contributed by atoms with Gasteiger partial charge in [-0.3, -0.25) is 0 Å². The van der Waals surface area contributed by atoms with Gasteiger partial charge < -0.3 is 8.75 Å². The molecule has 0 saturated carbocycles. The number of halogens is 2. The van der Waals surface area contributed by atoms with Gasteiger partial charge in [-0.05, 0) is 35.3 Å². The van der Waals surface area contributed by atoms with E-state index in [9.17, 15) is 21.0 Å². The third-order valence-corrected chi connectivity index (χ3v) is 6.17. The molecule has 0 spiro atoms. The van der Waals surface area contributed by atoms with Crippen molar-refractivity contribution in [2.24, 2.45) is 7.05 Å². The Morgan fingerprint density at radius 2 is 1.58 bits per heavy atom. The summed E-state index contributed by atoms with van der Waals surface area (Å²) < 4.78 is 7.11. The molecule has 0 aliphatic rings. The minimum atomic E-state index is -0.103. The molecule has 152 valence electrons. The molecule has 1 aromatic heterocycles. The number of benzene rings is 2. The van der Waals surface area contributed by atoms with Gasteiger partial charge in [-0.2, -0.15) is 21.0 Å². The second kappa shape index (κ2) is 9.32. The van der Waals surface area contributed by atoms with Crippen LogP contribution in [-0.4, -0.2) is 10.8 Å². The normalized spacial score (nSPS) is 10.3.